The molecule has 0 unspecified atom stereocenters. The van der Waals surface area contributed by atoms with Gasteiger partial charge in [0.25, 0.3) is 11.5 Å². The van der Waals surface area contributed by atoms with Crippen LogP contribution in [0.1, 0.15) is 35.7 Å². The van der Waals surface area contributed by atoms with Crippen LogP contribution >= 0.6 is 23.2 Å². The number of fused-ring (bicyclic) bond motifs is 1. The van der Waals surface area contributed by atoms with E-state index in [9.17, 15) is 14.7 Å². The van der Waals surface area contributed by atoms with E-state index in [1.54, 1.807) is 32.0 Å². The Labute approximate surface area is 159 Å². The van der Waals surface area contributed by atoms with Crippen molar-refractivity contribution in [2.45, 2.75) is 32.5 Å². The Morgan fingerprint density at radius 3 is 2.81 bits per heavy atom. The van der Waals surface area contributed by atoms with Gasteiger partial charge in [-0.15, -0.1) is 0 Å². The van der Waals surface area contributed by atoms with E-state index in [0.29, 0.717) is 28.0 Å². The number of carbonyl (C=O) groups is 1. The Bertz CT molecular complexity index is 940. The summed E-state index contributed by atoms with van der Waals surface area (Å²) in [5.41, 5.74) is -1.12. The lowest BCUT2D eigenvalue weighted by atomic mass is 10.1. The summed E-state index contributed by atoms with van der Waals surface area (Å²) >= 11 is 11.8. The van der Waals surface area contributed by atoms with Gasteiger partial charge in [0.1, 0.15) is 11.4 Å². The Morgan fingerprint density at radius 2 is 2.12 bits per heavy atom. The van der Waals surface area contributed by atoms with Gasteiger partial charge in [0.2, 0.25) is 5.75 Å². The monoisotopic (exact) mass is 397 g/mol. The van der Waals surface area contributed by atoms with E-state index >= 15 is 0 Å². The predicted octanol–water partition coefficient (Wildman–Crippen LogP) is 2.45. The highest BCUT2D eigenvalue weighted by atomic mass is 35.5. The molecule has 1 aromatic heterocycles. The van der Waals surface area contributed by atoms with Gasteiger partial charge in [0, 0.05) is 6.54 Å². The van der Waals surface area contributed by atoms with E-state index in [4.69, 9.17) is 27.9 Å². The van der Waals surface area contributed by atoms with Crippen LogP contribution < -0.4 is 10.9 Å². The standard InChI is InChI=1S/C17H17Cl2N3O4/c1-17(2)16-21-12(13(23)15(25)22(16)5-6-26-17)14(24)20-8-9-3-4-10(18)11(19)7-9/h3-4,7,23H,5-6,8H2,1-2H3,(H,20,24). The lowest BCUT2D eigenvalue weighted by Gasteiger charge is -2.32. The van der Waals surface area contributed by atoms with Crippen molar-refractivity contribution < 1.29 is 14.6 Å². The summed E-state index contributed by atoms with van der Waals surface area (Å²) in [6.07, 6.45) is 0. The van der Waals surface area contributed by atoms with Crippen LogP contribution in [0, 0.1) is 0 Å². The maximum atomic E-state index is 12.5. The van der Waals surface area contributed by atoms with Crippen LogP contribution in [0.3, 0.4) is 0 Å². The van der Waals surface area contributed by atoms with Crippen molar-refractivity contribution in [2.24, 2.45) is 0 Å². The summed E-state index contributed by atoms with van der Waals surface area (Å²) in [7, 11) is 0. The first-order chi connectivity index (χ1) is 12.2. The topological polar surface area (TPSA) is 93.5 Å². The summed E-state index contributed by atoms with van der Waals surface area (Å²) in [5, 5.41) is 13.5. The average molecular weight is 398 g/mol. The highest BCUT2D eigenvalue weighted by Gasteiger charge is 2.34. The van der Waals surface area contributed by atoms with Crippen LogP contribution in [0.4, 0.5) is 0 Å². The second kappa shape index (κ2) is 6.90. The molecule has 0 fully saturated rings. The van der Waals surface area contributed by atoms with Gasteiger partial charge in [-0.25, -0.2) is 4.98 Å². The van der Waals surface area contributed by atoms with Crippen molar-refractivity contribution in [3.05, 3.63) is 55.7 Å². The van der Waals surface area contributed by atoms with Gasteiger partial charge in [-0.05, 0) is 31.5 Å². The van der Waals surface area contributed by atoms with Crippen LogP contribution in [0.15, 0.2) is 23.0 Å². The molecule has 0 bridgehead atoms. The van der Waals surface area contributed by atoms with E-state index in [-0.39, 0.29) is 18.8 Å². The number of nitrogens with one attached hydrogen (secondary N) is 1. The molecule has 26 heavy (non-hydrogen) atoms. The van der Waals surface area contributed by atoms with Crippen molar-refractivity contribution in [1.82, 2.24) is 14.9 Å². The van der Waals surface area contributed by atoms with Crippen LogP contribution in [-0.4, -0.2) is 27.2 Å². The molecule has 2 heterocycles. The molecule has 2 aromatic rings. The number of aromatic hydroxyl groups is 1. The molecule has 7 nitrogen and oxygen atoms in total. The summed E-state index contributed by atoms with van der Waals surface area (Å²) in [5.74, 6) is -1.06. The second-order valence-corrected chi connectivity index (χ2v) is 7.19. The minimum Gasteiger partial charge on any atom is -0.501 e. The molecule has 9 heteroatoms. The molecule has 3 rings (SSSR count). The molecule has 0 saturated carbocycles. The number of ether oxygens (including phenoxy) is 1. The van der Waals surface area contributed by atoms with Gasteiger partial charge in [-0.2, -0.15) is 0 Å². The van der Waals surface area contributed by atoms with E-state index in [1.165, 1.54) is 4.57 Å². The van der Waals surface area contributed by atoms with E-state index in [2.05, 4.69) is 10.3 Å². The molecular formula is C17H17Cl2N3O4. The zero-order chi connectivity index (χ0) is 19.1. The number of hydrogen-bond acceptors (Lipinski definition) is 5. The number of halogens is 2. The Balaban J connectivity index is 1.89. The molecular weight excluding hydrogens is 381 g/mol. The minimum atomic E-state index is -0.843. The number of amides is 1. The zero-order valence-electron chi connectivity index (χ0n) is 14.2. The molecule has 1 aliphatic rings. The molecule has 0 atom stereocenters. The van der Waals surface area contributed by atoms with E-state index < -0.39 is 22.8 Å². The van der Waals surface area contributed by atoms with Gasteiger partial charge < -0.3 is 15.2 Å². The molecule has 1 aromatic carbocycles. The number of hydrogen-bond donors (Lipinski definition) is 2. The third-order valence-electron chi connectivity index (χ3n) is 4.11. The lowest BCUT2D eigenvalue weighted by molar-refractivity contribution is -0.0566. The number of benzene rings is 1. The van der Waals surface area contributed by atoms with Gasteiger partial charge in [0.15, 0.2) is 5.69 Å². The van der Waals surface area contributed by atoms with Crippen molar-refractivity contribution in [3.8, 4) is 5.75 Å². The highest BCUT2D eigenvalue weighted by molar-refractivity contribution is 6.42. The average Bonchev–Trinajstić information content (AvgIpc) is 2.59. The molecule has 0 radical (unpaired) electrons. The van der Waals surface area contributed by atoms with Gasteiger partial charge in [-0.1, -0.05) is 29.3 Å². The lowest BCUT2D eigenvalue weighted by Crippen LogP contribution is -2.42. The molecule has 0 aliphatic carbocycles. The fourth-order valence-corrected chi connectivity index (χ4v) is 3.06. The number of carbonyl (C=O) groups excluding carboxylic acids is 1. The second-order valence-electron chi connectivity index (χ2n) is 6.38. The third kappa shape index (κ3) is 3.42. The maximum absolute atomic E-state index is 12.5. The fourth-order valence-electron chi connectivity index (χ4n) is 2.74. The van der Waals surface area contributed by atoms with Gasteiger partial charge in [-0.3, -0.25) is 14.2 Å². The van der Waals surface area contributed by atoms with Crippen LogP contribution in [0.2, 0.25) is 10.0 Å². The normalized spacial score (nSPS) is 15.4. The maximum Gasteiger partial charge on any atom is 0.296 e. The SMILES string of the molecule is CC1(C)OCCn2c1nc(C(=O)NCc1ccc(Cl)c(Cl)c1)c(O)c2=O. The predicted molar refractivity (Wildman–Crippen MR) is 96.8 cm³/mol. The molecule has 0 saturated heterocycles. The Morgan fingerprint density at radius 1 is 1.38 bits per heavy atom. The van der Waals surface area contributed by atoms with Crippen LogP contribution in [-0.2, 0) is 23.4 Å². The quantitative estimate of drug-likeness (QED) is 0.829. The van der Waals surface area contributed by atoms with Gasteiger partial charge in [0.05, 0.1) is 23.2 Å². The first kappa shape index (κ1) is 18.7. The number of aromatic nitrogens is 2. The molecule has 138 valence electrons. The fraction of sp³-hybridized carbons (Fsp3) is 0.353. The first-order valence-electron chi connectivity index (χ1n) is 7.91. The Kier molecular flexibility index (Phi) is 4.96. The summed E-state index contributed by atoms with van der Waals surface area (Å²) < 4.78 is 6.94. The number of rotatable bonds is 3. The van der Waals surface area contributed by atoms with Crippen molar-refractivity contribution in [2.75, 3.05) is 6.61 Å². The Hall–Kier alpha value is -2.09. The van der Waals surface area contributed by atoms with Crippen LogP contribution in [0.25, 0.3) is 0 Å². The largest absolute Gasteiger partial charge is 0.501 e. The minimum absolute atomic E-state index is 0.134. The highest BCUT2D eigenvalue weighted by Crippen LogP contribution is 2.27. The summed E-state index contributed by atoms with van der Waals surface area (Å²) in [6, 6.07) is 4.95. The smallest absolute Gasteiger partial charge is 0.296 e. The van der Waals surface area contributed by atoms with E-state index in [1.807, 2.05) is 0 Å². The molecule has 1 aliphatic heterocycles. The third-order valence-corrected chi connectivity index (χ3v) is 4.85. The summed E-state index contributed by atoms with van der Waals surface area (Å²) in [4.78, 5) is 29.0. The van der Waals surface area contributed by atoms with Crippen LogP contribution in [0.5, 0.6) is 5.75 Å². The van der Waals surface area contributed by atoms with Crippen molar-refractivity contribution >= 4 is 29.1 Å². The van der Waals surface area contributed by atoms with E-state index in [0.717, 1.165) is 0 Å². The summed E-state index contributed by atoms with van der Waals surface area (Å²) in [6.45, 7) is 4.22. The van der Waals surface area contributed by atoms with Gasteiger partial charge >= 0.3 is 0 Å². The molecule has 0 spiro atoms. The molecule has 1 amide bonds. The van der Waals surface area contributed by atoms with Crippen molar-refractivity contribution in [3.63, 3.8) is 0 Å². The zero-order valence-corrected chi connectivity index (χ0v) is 15.7. The first-order valence-corrected chi connectivity index (χ1v) is 8.66. The van der Waals surface area contributed by atoms with Crippen molar-refractivity contribution in [1.29, 1.82) is 0 Å². The molecule has 2 N–H and O–H groups in total. The number of nitrogens with zero attached hydrogens (tertiary/aromatic N) is 2.